The van der Waals surface area contributed by atoms with Gasteiger partial charge in [-0.05, 0) is 6.92 Å². The average molecular weight is 303 g/mol. The van der Waals surface area contributed by atoms with Crippen LogP contribution in [0.3, 0.4) is 0 Å². The molecule has 6 nitrogen and oxygen atoms in total. The molecular weight excluding hydrogens is 286 g/mol. The van der Waals surface area contributed by atoms with Crippen molar-refractivity contribution in [3.8, 4) is 0 Å². The zero-order chi connectivity index (χ0) is 16.3. The second kappa shape index (κ2) is 6.51. The molecule has 2 rings (SSSR count). The largest absolute Gasteiger partial charge is 0.465 e. The molecule has 0 bridgehead atoms. The monoisotopic (exact) mass is 303 g/mol. The van der Waals surface area contributed by atoms with Crippen LogP contribution in [0.25, 0.3) is 0 Å². The van der Waals surface area contributed by atoms with Crippen LogP contribution in [0.15, 0.2) is 30.3 Å². The SMILES string of the molecule is CCOC(=O)C(C(=O)c1ccccc1)[C@H]1CC(=O)N(C)C1=O. The summed E-state index contributed by atoms with van der Waals surface area (Å²) < 4.78 is 4.94. The number of ketones is 1. The lowest BCUT2D eigenvalue weighted by atomic mass is 9.84. The van der Waals surface area contributed by atoms with Gasteiger partial charge in [-0.25, -0.2) is 0 Å². The fraction of sp³-hybridized carbons (Fsp3) is 0.375. The molecule has 1 fully saturated rings. The van der Waals surface area contributed by atoms with Crippen molar-refractivity contribution in [2.24, 2.45) is 11.8 Å². The quantitative estimate of drug-likeness (QED) is 0.351. The van der Waals surface area contributed by atoms with Gasteiger partial charge in [0.05, 0.1) is 12.5 Å². The Bertz CT molecular complexity index is 610. The molecule has 22 heavy (non-hydrogen) atoms. The molecule has 0 spiro atoms. The van der Waals surface area contributed by atoms with Crippen molar-refractivity contribution in [3.63, 3.8) is 0 Å². The first-order chi connectivity index (χ1) is 10.5. The van der Waals surface area contributed by atoms with Crippen LogP contribution < -0.4 is 0 Å². The van der Waals surface area contributed by atoms with Crippen molar-refractivity contribution in [3.05, 3.63) is 35.9 Å². The number of imide groups is 1. The van der Waals surface area contributed by atoms with E-state index in [0.29, 0.717) is 5.56 Å². The number of hydrogen-bond acceptors (Lipinski definition) is 5. The average Bonchev–Trinajstić information content (AvgIpc) is 2.76. The van der Waals surface area contributed by atoms with E-state index in [1.54, 1.807) is 37.3 Å². The van der Waals surface area contributed by atoms with Crippen molar-refractivity contribution in [1.29, 1.82) is 0 Å². The third-order valence-corrected chi connectivity index (χ3v) is 3.70. The van der Waals surface area contributed by atoms with Gasteiger partial charge >= 0.3 is 5.97 Å². The fourth-order valence-corrected chi connectivity index (χ4v) is 2.51. The Balaban J connectivity index is 2.36. The highest BCUT2D eigenvalue weighted by Crippen LogP contribution is 2.29. The number of nitrogens with zero attached hydrogens (tertiary/aromatic N) is 1. The van der Waals surface area contributed by atoms with Gasteiger partial charge in [0.1, 0.15) is 5.92 Å². The van der Waals surface area contributed by atoms with E-state index in [2.05, 4.69) is 0 Å². The highest BCUT2D eigenvalue weighted by Gasteiger charge is 2.47. The van der Waals surface area contributed by atoms with E-state index >= 15 is 0 Å². The first kappa shape index (κ1) is 15.9. The summed E-state index contributed by atoms with van der Waals surface area (Å²) in [7, 11) is 1.35. The van der Waals surface area contributed by atoms with Crippen LogP contribution in [0.5, 0.6) is 0 Å². The molecule has 0 N–H and O–H groups in total. The molecule has 116 valence electrons. The molecule has 1 unspecified atom stereocenters. The molecule has 2 atom stereocenters. The number of amides is 2. The number of hydrogen-bond donors (Lipinski definition) is 0. The summed E-state index contributed by atoms with van der Waals surface area (Å²) in [6.45, 7) is 1.72. The Morgan fingerprint density at radius 1 is 1.27 bits per heavy atom. The number of carbonyl (C=O) groups is 4. The number of likely N-dealkylation sites (tertiary alicyclic amines) is 1. The van der Waals surface area contributed by atoms with Crippen molar-refractivity contribution in [2.45, 2.75) is 13.3 Å². The Kier molecular flexibility index (Phi) is 4.70. The number of rotatable bonds is 5. The van der Waals surface area contributed by atoms with Crippen LogP contribution in [0, 0.1) is 11.8 Å². The standard InChI is InChI=1S/C16H17NO5/c1-3-22-16(21)13(11-9-12(18)17(2)15(11)20)14(19)10-7-5-4-6-8-10/h4-8,11,13H,3,9H2,1-2H3/t11-,13?/m1/s1. The maximum Gasteiger partial charge on any atom is 0.317 e. The van der Waals surface area contributed by atoms with Gasteiger partial charge in [0.2, 0.25) is 11.8 Å². The predicted octanol–water partition coefficient (Wildman–Crippen LogP) is 1.05. The third-order valence-electron chi connectivity index (χ3n) is 3.70. The Morgan fingerprint density at radius 3 is 2.41 bits per heavy atom. The van der Waals surface area contributed by atoms with Crippen LogP contribution in [0.4, 0.5) is 0 Å². The van der Waals surface area contributed by atoms with E-state index in [9.17, 15) is 19.2 Å². The minimum atomic E-state index is -1.29. The molecule has 0 radical (unpaired) electrons. The molecule has 1 aromatic rings. The van der Waals surface area contributed by atoms with Crippen LogP contribution in [0.2, 0.25) is 0 Å². The molecule has 0 saturated carbocycles. The van der Waals surface area contributed by atoms with Gasteiger partial charge in [-0.15, -0.1) is 0 Å². The van der Waals surface area contributed by atoms with Crippen LogP contribution in [-0.4, -0.2) is 42.1 Å². The zero-order valence-corrected chi connectivity index (χ0v) is 12.4. The molecule has 1 aliphatic heterocycles. The molecule has 0 aromatic heterocycles. The molecule has 6 heteroatoms. The molecule has 1 heterocycles. The van der Waals surface area contributed by atoms with Gasteiger partial charge < -0.3 is 4.74 Å². The van der Waals surface area contributed by atoms with Gasteiger partial charge in [0.25, 0.3) is 0 Å². The zero-order valence-electron chi connectivity index (χ0n) is 12.4. The summed E-state index contributed by atoms with van der Waals surface area (Å²) in [6.07, 6.45) is -0.155. The minimum Gasteiger partial charge on any atom is -0.465 e. The summed E-state index contributed by atoms with van der Waals surface area (Å²) in [5.41, 5.74) is 0.315. The Labute approximate surface area is 128 Å². The molecular formula is C16H17NO5. The van der Waals surface area contributed by atoms with E-state index in [1.807, 2.05) is 0 Å². The topological polar surface area (TPSA) is 80.8 Å². The molecule has 1 aliphatic rings. The predicted molar refractivity (Wildman–Crippen MR) is 76.8 cm³/mol. The van der Waals surface area contributed by atoms with Gasteiger partial charge in [0.15, 0.2) is 5.78 Å². The summed E-state index contributed by atoms with van der Waals surface area (Å²) in [5, 5.41) is 0. The summed E-state index contributed by atoms with van der Waals surface area (Å²) >= 11 is 0. The van der Waals surface area contributed by atoms with Crippen molar-refractivity contribution >= 4 is 23.6 Å². The van der Waals surface area contributed by atoms with Gasteiger partial charge in [-0.2, -0.15) is 0 Å². The Morgan fingerprint density at radius 2 is 1.91 bits per heavy atom. The minimum absolute atomic E-state index is 0.0993. The van der Waals surface area contributed by atoms with Crippen LogP contribution in [-0.2, 0) is 19.1 Å². The first-order valence-corrected chi connectivity index (χ1v) is 7.03. The van der Waals surface area contributed by atoms with E-state index < -0.39 is 35.4 Å². The van der Waals surface area contributed by atoms with E-state index in [-0.39, 0.29) is 13.0 Å². The van der Waals surface area contributed by atoms with Crippen LogP contribution >= 0.6 is 0 Å². The maximum atomic E-state index is 12.6. The van der Waals surface area contributed by atoms with Crippen molar-refractivity contribution in [1.82, 2.24) is 4.90 Å². The highest BCUT2D eigenvalue weighted by atomic mass is 16.5. The van der Waals surface area contributed by atoms with Gasteiger partial charge in [-0.3, -0.25) is 24.1 Å². The smallest absolute Gasteiger partial charge is 0.317 e. The lowest BCUT2D eigenvalue weighted by Crippen LogP contribution is -2.37. The van der Waals surface area contributed by atoms with Gasteiger partial charge in [0, 0.05) is 19.0 Å². The normalized spacial score (nSPS) is 19.2. The summed E-state index contributed by atoms with van der Waals surface area (Å²) in [6, 6.07) is 8.22. The second-order valence-electron chi connectivity index (χ2n) is 5.06. The number of ether oxygens (including phenoxy) is 1. The molecule has 2 amide bonds. The lowest BCUT2D eigenvalue weighted by Gasteiger charge is -2.19. The third kappa shape index (κ3) is 2.90. The number of Topliss-reactive ketones (excluding diaryl/α,β-unsaturated/α-hetero) is 1. The maximum absolute atomic E-state index is 12.6. The van der Waals surface area contributed by atoms with E-state index in [0.717, 1.165) is 4.90 Å². The lowest BCUT2D eigenvalue weighted by molar-refractivity contribution is -0.150. The van der Waals surface area contributed by atoms with Crippen molar-refractivity contribution in [2.75, 3.05) is 13.7 Å². The van der Waals surface area contributed by atoms with Gasteiger partial charge in [-0.1, -0.05) is 30.3 Å². The summed E-state index contributed by atoms with van der Waals surface area (Å²) in [4.78, 5) is 49.6. The summed E-state index contributed by atoms with van der Waals surface area (Å²) in [5.74, 6) is -4.47. The van der Waals surface area contributed by atoms with Crippen LogP contribution in [0.1, 0.15) is 23.7 Å². The molecule has 1 aromatic carbocycles. The first-order valence-electron chi connectivity index (χ1n) is 7.03. The highest BCUT2D eigenvalue weighted by molar-refractivity contribution is 6.14. The molecule has 1 saturated heterocycles. The second-order valence-corrected chi connectivity index (χ2v) is 5.06. The molecule has 0 aliphatic carbocycles. The Hall–Kier alpha value is -2.50. The number of carbonyl (C=O) groups excluding carboxylic acids is 4. The fourth-order valence-electron chi connectivity index (χ4n) is 2.51. The van der Waals surface area contributed by atoms with E-state index in [1.165, 1.54) is 7.05 Å². The number of benzene rings is 1. The van der Waals surface area contributed by atoms with E-state index in [4.69, 9.17) is 4.74 Å². The number of esters is 1. The van der Waals surface area contributed by atoms with Crippen molar-refractivity contribution < 1.29 is 23.9 Å².